The van der Waals surface area contributed by atoms with Crippen molar-refractivity contribution in [2.75, 3.05) is 7.05 Å². The summed E-state index contributed by atoms with van der Waals surface area (Å²) in [5.41, 5.74) is 0. The topological polar surface area (TPSA) is 20.3 Å². The van der Waals surface area contributed by atoms with E-state index in [0.29, 0.717) is 6.04 Å². The maximum absolute atomic E-state index is 12.2. The van der Waals surface area contributed by atoms with Crippen molar-refractivity contribution < 1.29 is 4.79 Å². The Hall–Kier alpha value is -1.05. The van der Waals surface area contributed by atoms with Crippen LogP contribution in [0.2, 0.25) is 0 Å². The Morgan fingerprint density at radius 3 is 2.11 bits per heavy atom. The Morgan fingerprint density at radius 2 is 1.58 bits per heavy atom. The van der Waals surface area contributed by atoms with Gasteiger partial charge in [0.15, 0.2) is 0 Å². The molecule has 2 heteroatoms. The van der Waals surface area contributed by atoms with Crippen LogP contribution in [0.15, 0.2) is 24.3 Å². The molecule has 4 rings (SSSR count). The van der Waals surface area contributed by atoms with E-state index in [1.807, 2.05) is 37.1 Å². The summed E-state index contributed by atoms with van der Waals surface area (Å²) in [6.07, 6.45) is 14.4. The molecule has 0 radical (unpaired) electrons. The van der Waals surface area contributed by atoms with Crippen molar-refractivity contribution in [3.8, 4) is 0 Å². The van der Waals surface area contributed by atoms with E-state index in [2.05, 4.69) is 0 Å². The third-order valence-electron chi connectivity index (χ3n) is 5.51. The standard InChI is InChI=1S/C17H25NO/c1-3-4-5-6-16(19)18(2)17-14-8-12-7-13(10-14)11-15(17)9-12/h3-6,12-15,17H,7-11H2,1-2H3/b4-3+,6-5+. The van der Waals surface area contributed by atoms with E-state index in [-0.39, 0.29) is 5.91 Å². The van der Waals surface area contributed by atoms with Gasteiger partial charge in [0.25, 0.3) is 0 Å². The van der Waals surface area contributed by atoms with Crippen LogP contribution < -0.4 is 0 Å². The second-order valence-electron chi connectivity index (χ2n) is 6.76. The molecule has 0 spiro atoms. The minimum absolute atomic E-state index is 0.176. The van der Waals surface area contributed by atoms with Crippen LogP contribution in [-0.2, 0) is 4.79 Å². The molecule has 4 saturated carbocycles. The van der Waals surface area contributed by atoms with Gasteiger partial charge in [-0.3, -0.25) is 4.79 Å². The van der Waals surface area contributed by atoms with E-state index in [1.165, 1.54) is 32.1 Å². The van der Waals surface area contributed by atoms with E-state index in [0.717, 1.165) is 23.7 Å². The van der Waals surface area contributed by atoms with Crippen LogP contribution in [0.5, 0.6) is 0 Å². The number of amides is 1. The molecule has 0 aromatic rings. The summed E-state index contributed by atoms with van der Waals surface area (Å²) in [6, 6.07) is 0.510. The quantitative estimate of drug-likeness (QED) is 0.562. The lowest BCUT2D eigenvalue weighted by molar-refractivity contribution is -0.135. The average molecular weight is 259 g/mol. The smallest absolute Gasteiger partial charge is 0.246 e. The van der Waals surface area contributed by atoms with Crippen LogP contribution >= 0.6 is 0 Å². The fourth-order valence-corrected chi connectivity index (χ4v) is 5.04. The number of rotatable bonds is 3. The molecule has 0 saturated heterocycles. The fourth-order valence-electron chi connectivity index (χ4n) is 5.04. The minimum Gasteiger partial charge on any atom is -0.339 e. The van der Waals surface area contributed by atoms with Crippen LogP contribution in [0.3, 0.4) is 0 Å². The maximum atomic E-state index is 12.2. The predicted octanol–water partition coefficient (Wildman–Crippen LogP) is 3.40. The lowest BCUT2D eigenvalue weighted by Crippen LogP contribution is -2.56. The van der Waals surface area contributed by atoms with Crippen molar-refractivity contribution in [1.82, 2.24) is 4.90 Å². The molecular formula is C17H25NO. The average Bonchev–Trinajstić information content (AvgIpc) is 2.37. The number of hydrogen-bond acceptors (Lipinski definition) is 1. The van der Waals surface area contributed by atoms with Crippen LogP contribution in [0.4, 0.5) is 0 Å². The number of carbonyl (C=O) groups excluding carboxylic acids is 1. The van der Waals surface area contributed by atoms with Crippen molar-refractivity contribution in [3.05, 3.63) is 24.3 Å². The Morgan fingerprint density at radius 1 is 1.00 bits per heavy atom. The molecule has 0 unspecified atom stereocenters. The highest BCUT2D eigenvalue weighted by atomic mass is 16.2. The first-order valence-corrected chi connectivity index (χ1v) is 7.75. The first-order valence-electron chi connectivity index (χ1n) is 7.75. The molecule has 1 amide bonds. The van der Waals surface area contributed by atoms with Crippen molar-refractivity contribution in [3.63, 3.8) is 0 Å². The van der Waals surface area contributed by atoms with Crippen molar-refractivity contribution in [2.45, 2.75) is 45.1 Å². The van der Waals surface area contributed by atoms with Gasteiger partial charge in [0.1, 0.15) is 0 Å². The summed E-state index contributed by atoms with van der Waals surface area (Å²) in [7, 11) is 2.01. The van der Waals surface area contributed by atoms with Gasteiger partial charge < -0.3 is 4.90 Å². The zero-order valence-corrected chi connectivity index (χ0v) is 12.1. The van der Waals surface area contributed by atoms with E-state index < -0.39 is 0 Å². The maximum Gasteiger partial charge on any atom is 0.246 e. The molecule has 4 aliphatic rings. The summed E-state index contributed by atoms with van der Waals surface area (Å²) >= 11 is 0. The Balaban J connectivity index is 1.70. The van der Waals surface area contributed by atoms with Crippen LogP contribution in [0.25, 0.3) is 0 Å². The number of carbonyl (C=O) groups is 1. The van der Waals surface area contributed by atoms with Gasteiger partial charge in [-0.25, -0.2) is 0 Å². The van der Waals surface area contributed by atoms with E-state index in [1.54, 1.807) is 6.08 Å². The van der Waals surface area contributed by atoms with Crippen LogP contribution in [0, 0.1) is 23.7 Å². The largest absolute Gasteiger partial charge is 0.339 e. The SMILES string of the molecule is C/C=C/C=C/C(=O)N(C)C1C2CC3CC(C2)CC1C3. The lowest BCUT2D eigenvalue weighted by atomic mass is 9.54. The summed E-state index contributed by atoms with van der Waals surface area (Å²) in [4.78, 5) is 14.3. The van der Waals surface area contributed by atoms with Gasteiger partial charge in [0, 0.05) is 19.2 Å². The van der Waals surface area contributed by atoms with E-state index in [9.17, 15) is 4.79 Å². The Kier molecular flexibility index (Phi) is 3.51. The summed E-state index contributed by atoms with van der Waals surface area (Å²) in [6.45, 7) is 1.97. The molecule has 0 aliphatic heterocycles. The van der Waals surface area contributed by atoms with Gasteiger partial charge >= 0.3 is 0 Å². The second-order valence-corrected chi connectivity index (χ2v) is 6.76. The lowest BCUT2D eigenvalue weighted by Gasteiger charge is -2.56. The number of allylic oxidation sites excluding steroid dienone is 3. The first kappa shape index (κ1) is 13.0. The molecule has 104 valence electrons. The summed E-state index contributed by atoms with van der Waals surface area (Å²) < 4.78 is 0. The zero-order valence-electron chi connectivity index (χ0n) is 12.1. The van der Waals surface area contributed by atoms with Gasteiger partial charge in [-0.05, 0) is 62.7 Å². The number of nitrogens with zero attached hydrogens (tertiary/aromatic N) is 1. The first-order chi connectivity index (χ1) is 9.19. The Labute approximate surface area is 116 Å². The van der Waals surface area contributed by atoms with Gasteiger partial charge in [-0.15, -0.1) is 0 Å². The molecule has 0 aromatic heterocycles. The molecule has 0 heterocycles. The Bertz CT molecular complexity index is 381. The van der Waals surface area contributed by atoms with E-state index >= 15 is 0 Å². The van der Waals surface area contributed by atoms with Crippen LogP contribution in [0.1, 0.15) is 39.0 Å². The molecule has 4 fully saturated rings. The summed E-state index contributed by atoms with van der Waals surface area (Å²) in [5.74, 6) is 3.68. The molecule has 0 aromatic carbocycles. The van der Waals surface area contributed by atoms with Crippen LogP contribution in [-0.4, -0.2) is 23.9 Å². The molecule has 4 aliphatic carbocycles. The monoisotopic (exact) mass is 259 g/mol. The van der Waals surface area contributed by atoms with Gasteiger partial charge in [0.05, 0.1) is 0 Å². The second kappa shape index (κ2) is 5.15. The highest BCUT2D eigenvalue weighted by Crippen LogP contribution is 2.54. The van der Waals surface area contributed by atoms with Gasteiger partial charge in [-0.2, -0.15) is 0 Å². The van der Waals surface area contributed by atoms with Crippen molar-refractivity contribution >= 4 is 5.91 Å². The van der Waals surface area contributed by atoms with Gasteiger partial charge in [0.2, 0.25) is 5.91 Å². The molecule has 4 bridgehead atoms. The molecule has 2 nitrogen and oxygen atoms in total. The van der Waals surface area contributed by atoms with E-state index in [4.69, 9.17) is 0 Å². The molecule has 19 heavy (non-hydrogen) atoms. The zero-order chi connectivity index (χ0) is 13.4. The van der Waals surface area contributed by atoms with Crippen molar-refractivity contribution in [1.29, 1.82) is 0 Å². The molecule has 0 atom stereocenters. The normalized spacial score (nSPS) is 40.4. The highest BCUT2D eigenvalue weighted by molar-refractivity contribution is 5.88. The molecular weight excluding hydrogens is 234 g/mol. The highest BCUT2D eigenvalue weighted by Gasteiger charge is 2.50. The van der Waals surface area contributed by atoms with Gasteiger partial charge in [-0.1, -0.05) is 18.2 Å². The third kappa shape index (κ3) is 2.37. The number of hydrogen-bond donors (Lipinski definition) is 0. The summed E-state index contributed by atoms with van der Waals surface area (Å²) in [5, 5.41) is 0. The minimum atomic E-state index is 0.176. The number of likely N-dealkylation sites (N-methyl/N-ethyl adjacent to an activating group) is 1. The van der Waals surface area contributed by atoms with Crippen molar-refractivity contribution in [2.24, 2.45) is 23.7 Å². The predicted molar refractivity (Wildman–Crippen MR) is 77.6 cm³/mol. The third-order valence-corrected chi connectivity index (χ3v) is 5.51. The molecule has 0 N–H and O–H groups in total. The fraction of sp³-hybridized carbons (Fsp3) is 0.706.